The van der Waals surface area contributed by atoms with Crippen LogP contribution in [0.4, 0.5) is 0 Å². The van der Waals surface area contributed by atoms with Crippen LogP contribution in [0.2, 0.25) is 0 Å². The van der Waals surface area contributed by atoms with E-state index in [0.29, 0.717) is 12.5 Å². The van der Waals surface area contributed by atoms with Crippen LogP contribution in [0, 0.1) is 0 Å². The Hall–Kier alpha value is -1.46. The fourth-order valence-corrected chi connectivity index (χ4v) is 3.10. The van der Waals surface area contributed by atoms with E-state index in [-0.39, 0.29) is 5.91 Å². The quantitative estimate of drug-likeness (QED) is 0.851. The van der Waals surface area contributed by atoms with E-state index in [9.17, 15) is 4.79 Å². The van der Waals surface area contributed by atoms with Crippen molar-refractivity contribution >= 4 is 5.91 Å². The van der Waals surface area contributed by atoms with Crippen LogP contribution in [0.3, 0.4) is 0 Å². The van der Waals surface area contributed by atoms with Gasteiger partial charge in [-0.2, -0.15) is 0 Å². The highest BCUT2D eigenvalue weighted by molar-refractivity contribution is 5.79. The highest BCUT2D eigenvalue weighted by Gasteiger charge is 2.30. The molecule has 0 radical (unpaired) electrons. The molecule has 5 nitrogen and oxygen atoms in total. The molecule has 1 aromatic heterocycles. The number of hydrogen-bond acceptors (Lipinski definition) is 4. The molecule has 0 spiro atoms. The van der Waals surface area contributed by atoms with Crippen LogP contribution in [-0.2, 0) is 11.2 Å². The number of carbonyl (C=O) groups excluding carboxylic acids is 1. The zero-order valence-electron chi connectivity index (χ0n) is 11.8. The summed E-state index contributed by atoms with van der Waals surface area (Å²) in [6.07, 6.45) is 5.10. The zero-order chi connectivity index (χ0) is 13.8. The minimum Gasteiger partial charge on any atom is -0.341 e. The van der Waals surface area contributed by atoms with E-state index in [4.69, 9.17) is 0 Å². The molecule has 0 aliphatic carbocycles. The lowest BCUT2D eigenvalue weighted by Crippen LogP contribution is -2.49. The Bertz CT molecular complexity index is 444. The molecule has 1 atom stereocenters. The number of rotatable bonds is 3. The summed E-state index contributed by atoms with van der Waals surface area (Å²) in [7, 11) is 0. The minimum absolute atomic E-state index is 0.232. The van der Waals surface area contributed by atoms with Gasteiger partial charge in [-0.15, -0.1) is 0 Å². The minimum atomic E-state index is 0.232. The fraction of sp³-hybridized carbons (Fsp3) is 0.600. The standard InChI is InChI=1S/C15H22N4O/c20-15(10-13-2-1-4-17-11-13)19-7-3-14(12-19)18-8-5-16-6-9-18/h1-2,4,11,14,16H,3,5-10,12H2. The van der Waals surface area contributed by atoms with Crippen molar-refractivity contribution in [3.8, 4) is 0 Å². The van der Waals surface area contributed by atoms with E-state index in [1.807, 2.05) is 17.0 Å². The van der Waals surface area contributed by atoms with Gasteiger partial charge < -0.3 is 10.2 Å². The molecule has 2 aliphatic rings. The molecule has 20 heavy (non-hydrogen) atoms. The van der Waals surface area contributed by atoms with Crippen LogP contribution >= 0.6 is 0 Å². The molecule has 5 heteroatoms. The van der Waals surface area contributed by atoms with Crippen LogP contribution < -0.4 is 5.32 Å². The predicted octanol–water partition coefficient (Wildman–Crippen LogP) is 0.130. The highest BCUT2D eigenvalue weighted by atomic mass is 16.2. The SMILES string of the molecule is O=C(Cc1cccnc1)N1CCC(N2CCNCC2)C1. The molecule has 1 N–H and O–H groups in total. The van der Waals surface area contributed by atoms with Crippen molar-refractivity contribution in [3.63, 3.8) is 0 Å². The molecule has 1 aromatic rings. The van der Waals surface area contributed by atoms with Crippen molar-refractivity contribution in [3.05, 3.63) is 30.1 Å². The smallest absolute Gasteiger partial charge is 0.227 e. The van der Waals surface area contributed by atoms with Gasteiger partial charge in [-0.1, -0.05) is 6.07 Å². The van der Waals surface area contributed by atoms with E-state index < -0.39 is 0 Å². The van der Waals surface area contributed by atoms with Crippen LogP contribution in [0.25, 0.3) is 0 Å². The average Bonchev–Trinajstić information content (AvgIpc) is 2.99. The third-order valence-electron chi connectivity index (χ3n) is 4.26. The van der Waals surface area contributed by atoms with E-state index in [1.54, 1.807) is 12.4 Å². The zero-order valence-corrected chi connectivity index (χ0v) is 11.8. The van der Waals surface area contributed by atoms with Crippen molar-refractivity contribution in [1.82, 2.24) is 20.1 Å². The third-order valence-corrected chi connectivity index (χ3v) is 4.26. The van der Waals surface area contributed by atoms with Crippen LogP contribution in [0.5, 0.6) is 0 Å². The summed E-state index contributed by atoms with van der Waals surface area (Å²) in [5, 5.41) is 3.38. The molecule has 1 unspecified atom stereocenters. The van der Waals surface area contributed by atoms with E-state index in [1.165, 1.54) is 0 Å². The molecule has 0 bridgehead atoms. The number of piperazine rings is 1. The van der Waals surface area contributed by atoms with Gasteiger partial charge in [0.1, 0.15) is 0 Å². The van der Waals surface area contributed by atoms with Gasteiger partial charge in [0.25, 0.3) is 0 Å². The second kappa shape index (κ2) is 6.33. The van der Waals surface area contributed by atoms with Crippen LogP contribution in [0.1, 0.15) is 12.0 Å². The summed E-state index contributed by atoms with van der Waals surface area (Å²) >= 11 is 0. The van der Waals surface area contributed by atoms with E-state index in [0.717, 1.165) is 51.3 Å². The van der Waals surface area contributed by atoms with Gasteiger partial charge in [-0.05, 0) is 18.1 Å². The molecule has 108 valence electrons. The second-order valence-corrected chi connectivity index (χ2v) is 5.61. The van der Waals surface area contributed by atoms with Gasteiger partial charge >= 0.3 is 0 Å². The van der Waals surface area contributed by atoms with Gasteiger partial charge in [0.2, 0.25) is 5.91 Å². The number of hydrogen-bond donors (Lipinski definition) is 1. The summed E-state index contributed by atoms with van der Waals surface area (Å²) in [4.78, 5) is 20.9. The van der Waals surface area contributed by atoms with Crippen molar-refractivity contribution in [1.29, 1.82) is 0 Å². The first-order valence-electron chi connectivity index (χ1n) is 7.44. The number of likely N-dealkylation sites (tertiary alicyclic amines) is 1. The monoisotopic (exact) mass is 274 g/mol. The molecular weight excluding hydrogens is 252 g/mol. The van der Waals surface area contributed by atoms with Crippen molar-refractivity contribution < 1.29 is 4.79 Å². The van der Waals surface area contributed by atoms with Gasteiger partial charge in [0.05, 0.1) is 6.42 Å². The molecule has 3 heterocycles. The number of pyridine rings is 1. The first-order valence-corrected chi connectivity index (χ1v) is 7.44. The first kappa shape index (κ1) is 13.5. The Morgan fingerprint density at radius 3 is 2.95 bits per heavy atom. The molecule has 2 aliphatic heterocycles. The summed E-state index contributed by atoms with van der Waals surface area (Å²) in [5.74, 6) is 0.232. The summed E-state index contributed by atoms with van der Waals surface area (Å²) in [5.41, 5.74) is 1.00. The Morgan fingerprint density at radius 2 is 2.20 bits per heavy atom. The lowest BCUT2D eigenvalue weighted by Gasteiger charge is -2.32. The lowest BCUT2D eigenvalue weighted by molar-refractivity contribution is -0.129. The predicted molar refractivity (Wildman–Crippen MR) is 77.4 cm³/mol. The van der Waals surface area contributed by atoms with Crippen molar-refractivity contribution in [2.24, 2.45) is 0 Å². The van der Waals surface area contributed by atoms with Gasteiger partial charge in [-0.3, -0.25) is 14.7 Å². The normalized spacial score (nSPS) is 24.0. The van der Waals surface area contributed by atoms with E-state index >= 15 is 0 Å². The molecule has 2 saturated heterocycles. The number of nitrogens with zero attached hydrogens (tertiary/aromatic N) is 3. The molecule has 1 amide bonds. The fourth-order valence-electron chi connectivity index (χ4n) is 3.10. The highest BCUT2D eigenvalue weighted by Crippen LogP contribution is 2.17. The Labute approximate surface area is 120 Å². The maximum Gasteiger partial charge on any atom is 0.227 e. The van der Waals surface area contributed by atoms with Crippen molar-refractivity contribution in [2.75, 3.05) is 39.3 Å². The topological polar surface area (TPSA) is 48.5 Å². The summed E-state index contributed by atoms with van der Waals surface area (Å²) in [6.45, 7) is 6.14. The van der Waals surface area contributed by atoms with Crippen LogP contribution in [0.15, 0.2) is 24.5 Å². The number of amides is 1. The van der Waals surface area contributed by atoms with Crippen LogP contribution in [-0.4, -0.2) is 66.0 Å². The summed E-state index contributed by atoms with van der Waals surface area (Å²) < 4.78 is 0. The maximum absolute atomic E-state index is 12.3. The van der Waals surface area contributed by atoms with Gasteiger partial charge in [-0.25, -0.2) is 0 Å². The number of carbonyl (C=O) groups is 1. The molecule has 2 fully saturated rings. The molecule has 0 aromatic carbocycles. The number of nitrogens with one attached hydrogen (secondary N) is 1. The second-order valence-electron chi connectivity index (χ2n) is 5.61. The molecule has 0 saturated carbocycles. The van der Waals surface area contributed by atoms with Crippen molar-refractivity contribution in [2.45, 2.75) is 18.9 Å². The number of aromatic nitrogens is 1. The third kappa shape index (κ3) is 3.16. The van der Waals surface area contributed by atoms with Gasteiger partial charge in [0.15, 0.2) is 0 Å². The Morgan fingerprint density at radius 1 is 1.35 bits per heavy atom. The Balaban J connectivity index is 1.52. The average molecular weight is 274 g/mol. The molecule has 3 rings (SSSR count). The van der Waals surface area contributed by atoms with Gasteiger partial charge in [0, 0.05) is 57.7 Å². The Kier molecular flexibility index (Phi) is 4.28. The lowest BCUT2D eigenvalue weighted by atomic mass is 10.2. The first-order chi connectivity index (χ1) is 9.83. The van der Waals surface area contributed by atoms with E-state index in [2.05, 4.69) is 15.2 Å². The maximum atomic E-state index is 12.3. The molecular formula is C15H22N4O. The summed E-state index contributed by atoms with van der Waals surface area (Å²) in [6, 6.07) is 4.40. The largest absolute Gasteiger partial charge is 0.341 e.